The van der Waals surface area contributed by atoms with E-state index in [2.05, 4.69) is 20.1 Å². The number of likely N-dealkylation sites (tertiary alicyclic amines) is 1. The van der Waals surface area contributed by atoms with Crippen molar-refractivity contribution in [1.82, 2.24) is 25.0 Å². The van der Waals surface area contributed by atoms with Crippen LogP contribution in [0.15, 0.2) is 36.4 Å². The minimum Gasteiger partial charge on any atom is -0.482 e. The summed E-state index contributed by atoms with van der Waals surface area (Å²) in [6.45, 7) is 2.67. The number of nitrogens with zero attached hydrogens (tertiary/aromatic N) is 4. The fraction of sp³-hybridized carbons (Fsp3) is 0.462. The highest BCUT2D eigenvalue weighted by molar-refractivity contribution is 7.17. The Kier molecular flexibility index (Phi) is 7.42. The van der Waals surface area contributed by atoms with E-state index in [1.807, 2.05) is 41.3 Å². The maximum absolute atomic E-state index is 13.3. The SMILES string of the molecule is O=C(NCc1nnc2n1CCCCC2)c1sc(-c2ccccc2)cc1OCC(=O)N1CCCCC1. The lowest BCUT2D eigenvalue weighted by Crippen LogP contribution is -2.38. The van der Waals surface area contributed by atoms with Crippen LogP contribution in [0, 0.1) is 0 Å². The topological polar surface area (TPSA) is 89.4 Å². The number of fused-ring (bicyclic) bond motifs is 1. The molecule has 1 N–H and O–H groups in total. The van der Waals surface area contributed by atoms with Crippen LogP contribution in [0.2, 0.25) is 0 Å². The summed E-state index contributed by atoms with van der Waals surface area (Å²) in [6.07, 6.45) is 7.55. The molecule has 184 valence electrons. The first kappa shape index (κ1) is 23.5. The molecule has 8 nitrogen and oxygen atoms in total. The minimum atomic E-state index is -0.233. The van der Waals surface area contributed by atoms with E-state index >= 15 is 0 Å². The van der Waals surface area contributed by atoms with Gasteiger partial charge >= 0.3 is 0 Å². The van der Waals surface area contributed by atoms with E-state index in [-0.39, 0.29) is 18.4 Å². The summed E-state index contributed by atoms with van der Waals surface area (Å²) >= 11 is 1.37. The normalized spacial score (nSPS) is 15.8. The summed E-state index contributed by atoms with van der Waals surface area (Å²) in [5.74, 6) is 1.95. The summed E-state index contributed by atoms with van der Waals surface area (Å²) in [4.78, 5) is 29.2. The molecule has 2 aliphatic rings. The van der Waals surface area contributed by atoms with E-state index in [0.29, 0.717) is 17.2 Å². The molecule has 35 heavy (non-hydrogen) atoms. The van der Waals surface area contributed by atoms with Gasteiger partial charge in [-0.2, -0.15) is 0 Å². The van der Waals surface area contributed by atoms with Crippen LogP contribution < -0.4 is 10.1 Å². The summed E-state index contributed by atoms with van der Waals surface area (Å²) in [7, 11) is 0. The van der Waals surface area contributed by atoms with Crippen molar-refractivity contribution in [3.63, 3.8) is 0 Å². The molecule has 2 aromatic heterocycles. The fourth-order valence-corrected chi connectivity index (χ4v) is 5.70. The van der Waals surface area contributed by atoms with Crippen LogP contribution in [0.4, 0.5) is 0 Å². The molecule has 1 fully saturated rings. The third kappa shape index (κ3) is 5.56. The first-order chi connectivity index (χ1) is 17.2. The summed E-state index contributed by atoms with van der Waals surface area (Å²) in [5, 5.41) is 11.6. The number of carbonyl (C=O) groups excluding carboxylic acids is 2. The number of thiophene rings is 1. The Balaban J connectivity index is 1.31. The third-order valence-corrected chi connectivity index (χ3v) is 7.78. The number of rotatable bonds is 7. The zero-order chi connectivity index (χ0) is 24.0. The van der Waals surface area contributed by atoms with Crippen LogP contribution in [0.5, 0.6) is 5.75 Å². The number of nitrogens with one attached hydrogen (secondary N) is 1. The number of aryl methyl sites for hydroxylation is 1. The zero-order valence-electron chi connectivity index (χ0n) is 19.9. The molecule has 9 heteroatoms. The second-order valence-electron chi connectivity index (χ2n) is 9.08. The standard InChI is InChI=1S/C26H31N5O3S/c32-24(30-13-7-3-8-14-30)18-34-20-16-21(19-10-4-1-5-11-19)35-25(20)26(33)27-17-23-29-28-22-12-6-2-9-15-31(22)23/h1,4-5,10-11,16H,2-3,6-9,12-15,17-18H2,(H,27,33). The maximum atomic E-state index is 13.3. The van der Waals surface area contributed by atoms with Crippen molar-refractivity contribution >= 4 is 23.2 Å². The van der Waals surface area contributed by atoms with Gasteiger partial charge in [-0.25, -0.2) is 0 Å². The molecule has 0 atom stereocenters. The smallest absolute Gasteiger partial charge is 0.265 e. The Morgan fingerprint density at radius 1 is 0.971 bits per heavy atom. The predicted octanol–water partition coefficient (Wildman–Crippen LogP) is 4.05. The Labute approximate surface area is 209 Å². The molecular weight excluding hydrogens is 462 g/mol. The van der Waals surface area contributed by atoms with Gasteiger partial charge in [0.2, 0.25) is 0 Å². The Hall–Kier alpha value is -3.20. The highest BCUT2D eigenvalue weighted by Gasteiger charge is 2.23. The van der Waals surface area contributed by atoms with Gasteiger partial charge in [-0.05, 0) is 43.7 Å². The minimum absolute atomic E-state index is 0.0327. The second-order valence-corrected chi connectivity index (χ2v) is 10.1. The van der Waals surface area contributed by atoms with Crippen molar-refractivity contribution in [1.29, 1.82) is 0 Å². The number of benzene rings is 1. The lowest BCUT2D eigenvalue weighted by Gasteiger charge is -2.26. The van der Waals surface area contributed by atoms with Crippen molar-refractivity contribution in [3.05, 3.63) is 52.9 Å². The number of ether oxygens (including phenoxy) is 1. The summed E-state index contributed by atoms with van der Waals surface area (Å²) in [5.41, 5.74) is 1.01. The van der Waals surface area contributed by atoms with Crippen molar-refractivity contribution in [3.8, 4) is 16.2 Å². The Morgan fingerprint density at radius 3 is 2.57 bits per heavy atom. The molecule has 0 saturated carbocycles. The molecule has 0 radical (unpaired) electrons. The summed E-state index contributed by atoms with van der Waals surface area (Å²) in [6, 6.07) is 11.8. The number of piperidine rings is 1. The molecular formula is C26H31N5O3S. The van der Waals surface area contributed by atoms with Gasteiger partial charge in [0.1, 0.15) is 16.5 Å². The van der Waals surface area contributed by atoms with Gasteiger partial charge in [-0.1, -0.05) is 36.8 Å². The van der Waals surface area contributed by atoms with Crippen molar-refractivity contribution in [2.24, 2.45) is 0 Å². The molecule has 0 bridgehead atoms. The van der Waals surface area contributed by atoms with Gasteiger partial charge in [0.05, 0.1) is 6.54 Å². The van der Waals surface area contributed by atoms with Crippen LogP contribution in [-0.4, -0.2) is 51.2 Å². The highest BCUT2D eigenvalue weighted by atomic mass is 32.1. The third-order valence-electron chi connectivity index (χ3n) is 6.62. The molecule has 5 rings (SSSR count). The Morgan fingerprint density at radius 2 is 1.74 bits per heavy atom. The first-order valence-electron chi connectivity index (χ1n) is 12.5. The van der Waals surface area contributed by atoms with Gasteiger partial charge in [-0.15, -0.1) is 21.5 Å². The van der Waals surface area contributed by atoms with Crippen LogP contribution in [0.1, 0.15) is 59.8 Å². The molecule has 2 amide bonds. The van der Waals surface area contributed by atoms with E-state index in [1.54, 1.807) is 0 Å². The lowest BCUT2D eigenvalue weighted by molar-refractivity contribution is -0.134. The zero-order valence-corrected chi connectivity index (χ0v) is 20.7. The van der Waals surface area contributed by atoms with Crippen LogP contribution >= 0.6 is 11.3 Å². The monoisotopic (exact) mass is 493 g/mol. The predicted molar refractivity (Wildman–Crippen MR) is 134 cm³/mol. The van der Waals surface area contributed by atoms with Crippen molar-refractivity contribution in [2.45, 2.75) is 58.0 Å². The molecule has 0 aliphatic carbocycles. The molecule has 0 spiro atoms. The number of carbonyl (C=O) groups is 2. The number of amides is 2. The van der Waals surface area contributed by atoms with Crippen molar-refractivity contribution < 1.29 is 14.3 Å². The van der Waals surface area contributed by atoms with E-state index in [4.69, 9.17) is 4.74 Å². The van der Waals surface area contributed by atoms with Crippen LogP contribution in [0.3, 0.4) is 0 Å². The number of hydrogen-bond acceptors (Lipinski definition) is 6. The van der Waals surface area contributed by atoms with Crippen LogP contribution in [0.25, 0.3) is 10.4 Å². The largest absolute Gasteiger partial charge is 0.482 e. The molecule has 1 saturated heterocycles. The van der Waals surface area contributed by atoms with Crippen LogP contribution in [-0.2, 0) is 24.3 Å². The average Bonchev–Trinajstić information content (AvgIpc) is 3.43. The second kappa shape index (κ2) is 11.0. The highest BCUT2D eigenvalue weighted by Crippen LogP contribution is 2.36. The van der Waals surface area contributed by atoms with E-state index < -0.39 is 0 Å². The van der Waals surface area contributed by atoms with Gasteiger partial charge in [0, 0.05) is 30.9 Å². The molecule has 3 aromatic rings. The van der Waals surface area contributed by atoms with E-state index in [1.165, 1.54) is 17.8 Å². The number of hydrogen-bond donors (Lipinski definition) is 1. The van der Waals surface area contributed by atoms with Crippen molar-refractivity contribution in [2.75, 3.05) is 19.7 Å². The summed E-state index contributed by atoms with van der Waals surface area (Å²) < 4.78 is 8.08. The van der Waals surface area contributed by atoms with E-state index in [9.17, 15) is 9.59 Å². The van der Waals surface area contributed by atoms with Gasteiger partial charge in [0.25, 0.3) is 11.8 Å². The molecule has 0 unspecified atom stereocenters. The maximum Gasteiger partial charge on any atom is 0.265 e. The first-order valence-corrected chi connectivity index (χ1v) is 13.3. The molecule has 4 heterocycles. The van der Waals surface area contributed by atoms with Gasteiger partial charge in [-0.3, -0.25) is 9.59 Å². The quantitative estimate of drug-likeness (QED) is 0.536. The lowest BCUT2D eigenvalue weighted by atomic mass is 10.1. The fourth-order valence-electron chi connectivity index (χ4n) is 4.67. The average molecular weight is 494 g/mol. The Bertz CT molecular complexity index is 1170. The number of aromatic nitrogens is 3. The van der Waals surface area contributed by atoms with Gasteiger partial charge < -0.3 is 19.5 Å². The molecule has 2 aliphatic heterocycles. The van der Waals surface area contributed by atoms with Gasteiger partial charge in [0.15, 0.2) is 12.4 Å². The van der Waals surface area contributed by atoms with E-state index in [0.717, 1.165) is 80.2 Å². The molecule has 1 aromatic carbocycles.